The van der Waals surface area contributed by atoms with Crippen molar-refractivity contribution in [1.29, 1.82) is 0 Å². The maximum absolute atomic E-state index is 13.6. The Morgan fingerprint density at radius 3 is 2.06 bits per heavy atom. The van der Waals surface area contributed by atoms with Crippen LogP contribution >= 0.6 is 0 Å². The molecular weight excluding hydrogens is 418 g/mol. The molecule has 1 fully saturated rings. The minimum absolute atomic E-state index is 0.118. The van der Waals surface area contributed by atoms with E-state index in [4.69, 9.17) is 9.47 Å². The molecule has 8 heteroatoms. The third-order valence-electron chi connectivity index (χ3n) is 5.46. The normalized spacial score (nSPS) is 17.5. The number of methoxy groups -OCH3 is 2. The van der Waals surface area contributed by atoms with Gasteiger partial charge in [0.05, 0.1) is 20.6 Å². The molecule has 1 aliphatic heterocycles. The zero-order valence-corrected chi connectivity index (χ0v) is 17.4. The average molecular weight is 438 g/mol. The van der Waals surface area contributed by atoms with Gasteiger partial charge < -0.3 is 14.8 Å². The second kappa shape index (κ2) is 8.30. The summed E-state index contributed by atoms with van der Waals surface area (Å²) >= 11 is 0. The molecule has 3 aromatic rings. The van der Waals surface area contributed by atoms with E-state index in [2.05, 4.69) is 5.32 Å². The topological polar surface area (TPSA) is 67.9 Å². The molecule has 32 heavy (non-hydrogen) atoms. The lowest BCUT2D eigenvalue weighted by atomic mass is 9.75. The molecule has 1 atom stereocenters. The summed E-state index contributed by atoms with van der Waals surface area (Å²) in [4.78, 5) is 27.7. The number of amides is 2. The van der Waals surface area contributed by atoms with E-state index in [0.717, 1.165) is 0 Å². The van der Waals surface area contributed by atoms with Crippen LogP contribution in [0.4, 0.5) is 20.2 Å². The first-order chi connectivity index (χ1) is 15.4. The maximum Gasteiger partial charge on any atom is 0.255 e. The van der Waals surface area contributed by atoms with E-state index in [1.165, 1.54) is 67.7 Å². The first kappa shape index (κ1) is 21.3. The van der Waals surface area contributed by atoms with E-state index in [1.54, 1.807) is 18.2 Å². The summed E-state index contributed by atoms with van der Waals surface area (Å²) in [6.07, 6.45) is -0.118. The first-order valence-electron chi connectivity index (χ1n) is 9.77. The molecule has 164 valence electrons. The number of hydrogen-bond acceptors (Lipinski definition) is 4. The molecule has 3 aromatic carbocycles. The van der Waals surface area contributed by atoms with Crippen LogP contribution in [-0.4, -0.2) is 26.0 Å². The Morgan fingerprint density at radius 1 is 0.906 bits per heavy atom. The lowest BCUT2D eigenvalue weighted by Crippen LogP contribution is -2.67. The summed E-state index contributed by atoms with van der Waals surface area (Å²) in [6.45, 7) is 0. The fourth-order valence-corrected chi connectivity index (χ4v) is 3.86. The number of benzene rings is 3. The largest absolute Gasteiger partial charge is 0.493 e. The SMILES string of the molecule is COc1ccc(C2(C(=O)Nc3ccc(F)cc3)CC(=O)N2c2ccc(F)cc2)cc1OC. The van der Waals surface area contributed by atoms with Crippen LogP contribution in [0.15, 0.2) is 66.7 Å². The van der Waals surface area contributed by atoms with Crippen LogP contribution in [0.3, 0.4) is 0 Å². The van der Waals surface area contributed by atoms with E-state index in [0.29, 0.717) is 28.4 Å². The minimum Gasteiger partial charge on any atom is -0.493 e. The Hall–Kier alpha value is -3.94. The van der Waals surface area contributed by atoms with Crippen molar-refractivity contribution in [3.05, 3.63) is 83.9 Å². The quantitative estimate of drug-likeness (QED) is 0.585. The number of hydrogen-bond donors (Lipinski definition) is 1. The van der Waals surface area contributed by atoms with Gasteiger partial charge in [0.15, 0.2) is 17.0 Å². The fraction of sp³-hybridized carbons (Fsp3) is 0.167. The number of β-lactam (4-membered cyclic amide) rings is 1. The smallest absolute Gasteiger partial charge is 0.255 e. The van der Waals surface area contributed by atoms with Gasteiger partial charge in [-0.15, -0.1) is 0 Å². The van der Waals surface area contributed by atoms with Gasteiger partial charge in [0.25, 0.3) is 5.91 Å². The predicted octanol–water partition coefficient (Wildman–Crippen LogP) is 4.25. The number of nitrogens with zero attached hydrogens (tertiary/aromatic N) is 1. The van der Waals surface area contributed by atoms with Crippen LogP contribution in [0.2, 0.25) is 0 Å². The van der Waals surface area contributed by atoms with Crippen LogP contribution in [0.5, 0.6) is 11.5 Å². The number of anilines is 2. The van der Waals surface area contributed by atoms with Gasteiger partial charge in [-0.25, -0.2) is 8.78 Å². The summed E-state index contributed by atoms with van der Waals surface area (Å²) in [7, 11) is 2.96. The Morgan fingerprint density at radius 2 is 1.50 bits per heavy atom. The van der Waals surface area contributed by atoms with Crippen molar-refractivity contribution in [1.82, 2.24) is 0 Å². The fourth-order valence-electron chi connectivity index (χ4n) is 3.86. The van der Waals surface area contributed by atoms with E-state index in [-0.39, 0.29) is 12.3 Å². The molecule has 1 aliphatic rings. The molecule has 0 radical (unpaired) electrons. The van der Waals surface area contributed by atoms with Crippen LogP contribution in [-0.2, 0) is 15.1 Å². The lowest BCUT2D eigenvalue weighted by Gasteiger charge is -2.50. The molecule has 1 heterocycles. The van der Waals surface area contributed by atoms with Gasteiger partial charge in [-0.3, -0.25) is 14.5 Å². The van der Waals surface area contributed by atoms with E-state index >= 15 is 0 Å². The molecule has 1 unspecified atom stereocenters. The maximum atomic E-state index is 13.6. The van der Waals surface area contributed by atoms with Crippen molar-refractivity contribution in [3.63, 3.8) is 0 Å². The molecule has 0 saturated carbocycles. The number of rotatable bonds is 6. The van der Waals surface area contributed by atoms with E-state index < -0.39 is 23.1 Å². The van der Waals surface area contributed by atoms with Crippen LogP contribution in [0.1, 0.15) is 12.0 Å². The molecule has 6 nitrogen and oxygen atoms in total. The van der Waals surface area contributed by atoms with Gasteiger partial charge in [-0.1, -0.05) is 6.07 Å². The lowest BCUT2D eigenvalue weighted by molar-refractivity contribution is -0.137. The number of carbonyl (C=O) groups is 2. The van der Waals surface area contributed by atoms with Crippen molar-refractivity contribution >= 4 is 23.2 Å². The molecule has 0 bridgehead atoms. The third kappa shape index (κ3) is 3.53. The van der Waals surface area contributed by atoms with Gasteiger partial charge in [0.2, 0.25) is 5.91 Å². The molecule has 2 amide bonds. The zero-order valence-electron chi connectivity index (χ0n) is 17.4. The van der Waals surface area contributed by atoms with Gasteiger partial charge in [0.1, 0.15) is 11.6 Å². The Balaban J connectivity index is 1.82. The van der Waals surface area contributed by atoms with Crippen LogP contribution in [0.25, 0.3) is 0 Å². The van der Waals surface area contributed by atoms with Crippen molar-refractivity contribution in [2.45, 2.75) is 12.0 Å². The van der Waals surface area contributed by atoms with Gasteiger partial charge in [-0.2, -0.15) is 0 Å². The summed E-state index contributed by atoms with van der Waals surface area (Å²) in [5.41, 5.74) is -0.205. The standard InChI is InChI=1S/C24H20F2N2O4/c1-31-20-12-3-15(13-21(20)32-2)24(23(30)27-18-8-4-16(25)5-9-18)14-22(29)28(24)19-10-6-17(26)7-11-19/h3-13H,14H2,1-2H3,(H,27,30). The molecule has 1 saturated heterocycles. The van der Waals surface area contributed by atoms with Gasteiger partial charge >= 0.3 is 0 Å². The minimum atomic E-state index is -1.43. The molecule has 0 spiro atoms. The second-order valence-electron chi connectivity index (χ2n) is 7.27. The third-order valence-corrected chi connectivity index (χ3v) is 5.46. The highest BCUT2D eigenvalue weighted by atomic mass is 19.1. The van der Waals surface area contributed by atoms with Gasteiger partial charge in [0, 0.05) is 11.4 Å². The summed E-state index contributed by atoms with van der Waals surface area (Å²) in [6, 6.07) is 15.6. The van der Waals surface area contributed by atoms with E-state index in [1.807, 2.05) is 0 Å². The highest BCUT2D eigenvalue weighted by Crippen LogP contribution is 2.47. The number of carbonyl (C=O) groups excluding carboxylic acids is 2. The number of ether oxygens (including phenoxy) is 2. The van der Waals surface area contributed by atoms with Crippen LogP contribution in [0, 0.1) is 11.6 Å². The van der Waals surface area contributed by atoms with Crippen molar-refractivity contribution < 1.29 is 27.8 Å². The number of halogens is 2. The van der Waals surface area contributed by atoms with E-state index in [9.17, 15) is 18.4 Å². The highest BCUT2D eigenvalue weighted by molar-refractivity contribution is 6.17. The van der Waals surface area contributed by atoms with Crippen molar-refractivity contribution in [2.75, 3.05) is 24.4 Å². The summed E-state index contributed by atoms with van der Waals surface area (Å²) < 4.78 is 37.5. The van der Waals surface area contributed by atoms with Gasteiger partial charge in [-0.05, 0) is 66.2 Å². The second-order valence-corrected chi connectivity index (χ2v) is 7.27. The summed E-state index contributed by atoms with van der Waals surface area (Å²) in [5.74, 6) is -0.860. The zero-order chi connectivity index (χ0) is 22.9. The predicted molar refractivity (Wildman–Crippen MR) is 115 cm³/mol. The number of nitrogens with one attached hydrogen (secondary N) is 1. The Kier molecular flexibility index (Phi) is 5.52. The molecular formula is C24H20F2N2O4. The Bertz CT molecular complexity index is 1170. The Labute approximate surface area is 183 Å². The monoisotopic (exact) mass is 438 g/mol. The molecule has 4 rings (SSSR count). The van der Waals surface area contributed by atoms with Crippen LogP contribution < -0.4 is 19.7 Å². The molecule has 0 aliphatic carbocycles. The van der Waals surface area contributed by atoms with Crippen molar-refractivity contribution in [3.8, 4) is 11.5 Å². The summed E-state index contributed by atoms with van der Waals surface area (Å²) in [5, 5.41) is 2.76. The molecule has 1 N–H and O–H groups in total. The first-order valence-corrected chi connectivity index (χ1v) is 9.77. The highest BCUT2D eigenvalue weighted by Gasteiger charge is 2.58. The molecule has 0 aromatic heterocycles. The van der Waals surface area contributed by atoms with Crippen molar-refractivity contribution in [2.24, 2.45) is 0 Å². The average Bonchev–Trinajstić information content (AvgIpc) is 2.79.